The number of amides is 2. The Morgan fingerprint density at radius 2 is 1.89 bits per heavy atom. The van der Waals surface area contributed by atoms with E-state index in [1.165, 1.54) is 25.1 Å². The van der Waals surface area contributed by atoms with E-state index in [9.17, 15) is 22.8 Å². The molecule has 0 bridgehead atoms. The highest BCUT2D eigenvalue weighted by atomic mass is 19.4. The van der Waals surface area contributed by atoms with Crippen molar-refractivity contribution in [1.29, 1.82) is 0 Å². The van der Waals surface area contributed by atoms with E-state index < -0.39 is 18.0 Å². The number of rotatable bonds is 3. The summed E-state index contributed by atoms with van der Waals surface area (Å²) in [6, 6.07) is 4.16. The highest BCUT2D eigenvalue weighted by Crippen LogP contribution is 2.21. The van der Waals surface area contributed by atoms with Crippen LogP contribution in [0.25, 0.3) is 0 Å². The van der Waals surface area contributed by atoms with E-state index in [2.05, 4.69) is 5.32 Å². The lowest BCUT2D eigenvalue weighted by Crippen LogP contribution is -2.30. The second kappa shape index (κ2) is 5.73. The zero-order valence-corrected chi connectivity index (χ0v) is 10.4. The van der Waals surface area contributed by atoms with Gasteiger partial charge in [0.2, 0.25) is 0 Å². The Bertz CT molecular complexity index is 498. The number of carbonyl (C=O) groups excluding carboxylic acids is 2. The summed E-state index contributed by atoms with van der Waals surface area (Å²) in [6.07, 6.45) is -4.96. The van der Waals surface area contributed by atoms with Crippen molar-refractivity contribution in [3.63, 3.8) is 0 Å². The molecule has 2 N–H and O–H groups in total. The van der Waals surface area contributed by atoms with Crippen LogP contribution >= 0.6 is 0 Å². The van der Waals surface area contributed by atoms with Gasteiger partial charge in [-0.1, -0.05) is 6.07 Å². The molecule has 1 aromatic carbocycles. The first-order chi connectivity index (χ1) is 8.75. The van der Waals surface area contributed by atoms with Crippen LogP contribution < -0.4 is 10.6 Å². The molecule has 0 radical (unpaired) electrons. The molecule has 0 atom stereocenters. The number of hydrogen-bond donors (Lipinski definition) is 2. The predicted octanol–water partition coefficient (Wildman–Crippen LogP) is 2.25. The molecular formula is C12H13F3N2O2. The standard InChI is InChI=1S/C12H13F3N2O2/c1-3-16-10(18)8-5-4-7(2)9(6-8)17-11(19)12(13,14)15/h4-6H,3H2,1-2H3,(H,16,18)(H,17,19). The summed E-state index contributed by atoms with van der Waals surface area (Å²) in [7, 11) is 0. The summed E-state index contributed by atoms with van der Waals surface area (Å²) in [5.41, 5.74) is 0.585. The first-order valence-corrected chi connectivity index (χ1v) is 5.52. The fourth-order valence-electron chi connectivity index (χ4n) is 1.35. The Balaban J connectivity index is 2.98. The molecule has 1 rings (SSSR count). The highest BCUT2D eigenvalue weighted by Gasteiger charge is 2.38. The highest BCUT2D eigenvalue weighted by molar-refractivity contribution is 5.99. The van der Waals surface area contributed by atoms with Crippen LogP contribution in [0.3, 0.4) is 0 Å². The monoisotopic (exact) mass is 274 g/mol. The lowest BCUT2D eigenvalue weighted by atomic mass is 10.1. The van der Waals surface area contributed by atoms with Gasteiger partial charge < -0.3 is 10.6 Å². The smallest absolute Gasteiger partial charge is 0.352 e. The van der Waals surface area contributed by atoms with Gasteiger partial charge in [-0.3, -0.25) is 9.59 Å². The molecule has 0 spiro atoms. The Morgan fingerprint density at radius 3 is 2.42 bits per heavy atom. The van der Waals surface area contributed by atoms with Crippen LogP contribution in [-0.2, 0) is 4.79 Å². The summed E-state index contributed by atoms with van der Waals surface area (Å²) >= 11 is 0. The molecule has 0 aliphatic rings. The summed E-state index contributed by atoms with van der Waals surface area (Å²) in [6.45, 7) is 3.66. The largest absolute Gasteiger partial charge is 0.471 e. The second-order valence-electron chi connectivity index (χ2n) is 3.84. The van der Waals surface area contributed by atoms with E-state index in [-0.39, 0.29) is 11.3 Å². The molecular weight excluding hydrogens is 261 g/mol. The molecule has 104 valence electrons. The van der Waals surface area contributed by atoms with Crippen molar-refractivity contribution < 1.29 is 22.8 Å². The van der Waals surface area contributed by atoms with Crippen molar-refractivity contribution in [3.8, 4) is 0 Å². The van der Waals surface area contributed by atoms with Crippen LogP contribution in [0.5, 0.6) is 0 Å². The van der Waals surface area contributed by atoms with E-state index in [1.54, 1.807) is 12.2 Å². The Morgan fingerprint density at radius 1 is 1.26 bits per heavy atom. The third-order valence-electron chi connectivity index (χ3n) is 2.34. The maximum atomic E-state index is 12.2. The molecule has 19 heavy (non-hydrogen) atoms. The van der Waals surface area contributed by atoms with Gasteiger partial charge in [0.15, 0.2) is 0 Å². The van der Waals surface area contributed by atoms with Gasteiger partial charge in [-0.15, -0.1) is 0 Å². The Hall–Kier alpha value is -2.05. The minimum Gasteiger partial charge on any atom is -0.352 e. The molecule has 0 saturated carbocycles. The quantitative estimate of drug-likeness (QED) is 0.888. The molecule has 0 aliphatic carbocycles. The average Bonchev–Trinajstić information content (AvgIpc) is 2.30. The molecule has 2 amide bonds. The van der Waals surface area contributed by atoms with Crippen LogP contribution in [0, 0.1) is 6.92 Å². The Kier molecular flexibility index (Phi) is 4.52. The molecule has 0 saturated heterocycles. The van der Waals surface area contributed by atoms with Crippen molar-refractivity contribution in [3.05, 3.63) is 29.3 Å². The van der Waals surface area contributed by atoms with Crippen LogP contribution in [0.15, 0.2) is 18.2 Å². The lowest BCUT2D eigenvalue weighted by Gasteiger charge is -2.12. The van der Waals surface area contributed by atoms with Crippen molar-refractivity contribution in [1.82, 2.24) is 5.32 Å². The first kappa shape index (κ1) is 15.0. The maximum Gasteiger partial charge on any atom is 0.471 e. The van der Waals surface area contributed by atoms with Crippen molar-refractivity contribution in [2.24, 2.45) is 0 Å². The fraction of sp³-hybridized carbons (Fsp3) is 0.333. The summed E-state index contributed by atoms with van der Waals surface area (Å²) in [4.78, 5) is 22.4. The van der Waals surface area contributed by atoms with E-state index in [0.717, 1.165) is 0 Å². The van der Waals surface area contributed by atoms with Crippen molar-refractivity contribution in [2.45, 2.75) is 20.0 Å². The molecule has 0 unspecified atom stereocenters. The summed E-state index contributed by atoms with van der Waals surface area (Å²) < 4.78 is 36.5. The minimum absolute atomic E-state index is 0.0360. The molecule has 0 heterocycles. The number of benzene rings is 1. The van der Waals surface area contributed by atoms with Crippen molar-refractivity contribution >= 4 is 17.5 Å². The third-order valence-corrected chi connectivity index (χ3v) is 2.34. The van der Waals surface area contributed by atoms with E-state index >= 15 is 0 Å². The van der Waals surface area contributed by atoms with E-state index in [0.29, 0.717) is 12.1 Å². The van der Waals surface area contributed by atoms with Crippen LogP contribution in [0.4, 0.5) is 18.9 Å². The van der Waals surface area contributed by atoms with E-state index in [4.69, 9.17) is 0 Å². The van der Waals surface area contributed by atoms with Gasteiger partial charge in [-0.05, 0) is 31.5 Å². The molecule has 0 aliphatic heterocycles. The minimum atomic E-state index is -4.96. The molecule has 0 fully saturated rings. The number of carbonyl (C=O) groups is 2. The van der Waals surface area contributed by atoms with Gasteiger partial charge in [0.1, 0.15) is 0 Å². The van der Waals surface area contributed by atoms with Gasteiger partial charge in [0.25, 0.3) is 5.91 Å². The normalized spacial score (nSPS) is 11.0. The topological polar surface area (TPSA) is 58.2 Å². The maximum absolute atomic E-state index is 12.2. The zero-order chi connectivity index (χ0) is 14.6. The van der Waals surface area contributed by atoms with Crippen LogP contribution in [-0.4, -0.2) is 24.5 Å². The number of alkyl halides is 3. The van der Waals surface area contributed by atoms with Crippen LogP contribution in [0.2, 0.25) is 0 Å². The predicted molar refractivity (Wildman–Crippen MR) is 63.9 cm³/mol. The SMILES string of the molecule is CCNC(=O)c1ccc(C)c(NC(=O)C(F)(F)F)c1. The summed E-state index contributed by atoms with van der Waals surface area (Å²) in [5, 5.41) is 4.26. The Labute approximate surface area is 108 Å². The number of nitrogens with one attached hydrogen (secondary N) is 2. The average molecular weight is 274 g/mol. The molecule has 0 aromatic heterocycles. The van der Waals surface area contributed by atoms with Gasteiger partial charge >= 0.3 is 12.1 Å². The number of halogens is 3. The van der Waals surface area contributed by atoms with Crippen LogP contribution in [0.1, 0.15) is 22.8 Å². The number of aryl methyl sites for hydroxylation is 1. The van der Waals surface area contributed by atoms with Gasteiger partial charge in [0, 0.05) is 17.8 Å². The van der Waals surface area contributed by atoms with Crippen molar-refractivity contribution in [2.75, 3.05) is 11.9 Å². The molecule has 7 heteroatoms. The number of anilines is 1. The van der Waals surface area contributed by atoms with E-state index in [1.807, 2.05) is 0 Å². The second-order valence-corrected chi connectivity index (χ2v) is 3.84. The van der Waals surface area contributed by atoms with Gasteiger partial charge in [0.05, 0.1) is 0 Å². The van der Waals surface area contributed by atoms with Gasteiger partial charge in [-0.2, -0.15) is 13.2 Å². The fourth-order valence-corrected chi connectivity index (χ4v) is 1.35. The first-order valence-electron chi connectivity index (χ1n) is 5.52. The number of hydrogen-bond acceptors (Lipinski definition) is 2. The van der Waals surface area contributed by atoms with Gasteiger partial charge in [-0.25, -0.2) is 0 Å². The molecule has 4 nitrogen and oxygen atoms in total. The summed E-state index contributed by atoms with van der Waals surface area (Å²) in [5.74, 6) is -2.48. The molecule has 1 aromatic rings. The zero-order valence-electron chi connectivity index (χ0n) is 10.4. The lowest BCUT2D eigenvalue weighted by molar-refractivity contribution is -0.167. The third kappa shape index (κ3) is 3.97.